The van der Waals surface area contributed by atoms with Crippen LogP contribution in [0.3, 0.4) is 0 Å². The summed E-state index contributed by atoms with van der Waals surface area (Å²) in [5.41, 5.74) is -0.219. The molecule has 0 aliphatic carbocycles. The number of aliphatic hydroxyl groups is 2. The zero-order chi connectivity index (χ0) is 16.9. The average molecular weight is 348 g/mol. The third-order valence-corrected chi connectivity index (χ3v) is 4.44. The number of aryl methyl sites for hydroxylation is 1. The topological polar surface area (TPSA) is 86.6 Å². The Morgan fingerprint density at radius 3 is 2.27 bits per heavy atom. The normalized spacial score (nSPS) is 11.4. The zero-order valence-electron chi connectivity index (χ0n) is 12.4. The smallest absolute Gasteiger partial charge is 0.231 e. The van der Waals surface area contributed by atoms with Gasteiger partial charge in [-0.3, -0.25) is 9.59 Å². The van der Waals surface area contributed by atoms with Gasteiger partial charge in [-0.1, -0.05) is 30.1 Å². The number of rotatable bonds is 7. The Hall–Kier alpha value is -1.14. The lowest BCUT2D eigenvalue weighted by molar-refractivity contribution is -0.137. The highest BCUT2D eigenvalue weighted by atomic mass is 35.5. The van der Waals surface area contributed by atoms with Crippen LogP contribution >= 0.6 is 23.2 Å². The molecule has 122 valence electrons. The van der Waals surface area contributed by atoms with E-state index in [2.05, 4.69) is 5.32 Å². The summed E-state index contributed by atoms with van der Waals surface area (Å²) in [5.74, 6) is -1.10. The minimum atomic E-state index is -1.30. The van der Waals surface area contributed by atoms with Gasteiger partial charge in [-0.15, -0.1) is 0 Å². The van der Waals surface area contributed by atoms with Crippen molar-refractivity contribution >= 4 is 40.6 Å². The monoisotopic (exact) mass is 347 g/mol. The second-order valence-corrected chi connectivity index (χ2v) is 5.99. The van der Waals surface area contributed by atoms with Crippen LogP contribution in [0.25, 0.3) is 0 Å². The number of Topliss-reactive ketones (excluding diaryl/α,β-unsaturated/α-hetero) is 1. The van der Waals surface area contributed by atoms with E-state index in [1.807, 2.05) is 0 Å². The molecule has 1 aromatic rings. The summed E-state index contributed by atoms with van der Waals surface area (Å²) >= 11 is 12.0. The van der Waals surface area contributed by atoms with E-state index in [1.54, 1.807) is 19.9 Å². The van der Waals surface area contributed by atoms with Gasteiger partial charge in [0.25, 0.3) is 0 Å². The maximum atomic E-state index is 12.1. The molecular formula is C15H19Cl2NO4. The van der Waals surface area contributed by atoms with Crippen LogP contribution in [0.4, 0.5) is 5.69 Å². The fourth-order valence-corrected chi connectivity index (χ4v) is 2.35. The Morgan fingerprint density at radius 2 is 1.77 bits per heavy atom. The van der Waals surface area contributed by atoms with Crippen LogP contribution in [-0.4, -0.2) is 35.1 Å². The molecule has 0 unspecified atom stereocenters. The maximum absolute atomic E-state index is 12.1. The average Bonchev–Trinajstić information content (AvgIpc) is 2.47. The van der Waals surface area contributed by atoms with Gasteiger partial charge < -0.3 is 15.5 Å². The molecule has 0 saturated heterocycles. The summed E-state index contributed by atoms with van der Waals surface area (Å²) in [5, 5.41) is 21.9. The number of carbonyl (C=O) groups excluding carboxylic acids is 2. The highest BCUT2D eigenvalue weighted by Crippen LogP contribution is 2.29. The minimum absolute atomic E-state index is 0.239. The van der Waals surface area contributed by atoms with Crippen molar-refractivity contribution in [2.45, 2.75) is 26.7 Å². The third kappa shape index (κ3) is 4.20. The van der Waals surface area contributed by atoms with Crippen molar-refractivity contribution in [3.8, 4) is 0 Å². The number of ketones is 1. The molecule has 0 fully saturated rings. The van der Waals surface area contributed by atoms with Gasteiger partial charge in [-0.2, -0.15) is 0 Å². The van der Waals surface area contributed by atoms with E-state index >= 15 is 0 Å². The number of halogens is 2. The van der Waals surface area contributed by atoms with Gasteiger partial charge in [-0.05, 0) is 31.0 Å². The van der Waals surface area contributed by atoms with Gasteiger partial charge in [0, 0.05) is 5.02 Å². The van der Waals surface area contributed by atoms with E-state index in [1.165, 1.54) is 6.07 Å². The fourth-order valence-electron chi connectivity index (χ4n) is 1.92. The van der Waals surface area contributed by atoms with Crippen molar-refractivity contribution < 1.29 is 19.8 Å². The summed E-state index contributed by atoms with van der Waals surface area (Å²) in [6.07, 6.45) is -0.222. The molecule has 3 N–H and O–H groups in total. The molecule has 0 aliphatic rings. The fraction of sp³-hybridized carbons (Fsp3) is 0.467. The number of aliphatic hydroxyl groups excluding tert-OH is 2. The van der Waals surface area contributed by atoms with Crippen molar-refractivity contribution in [1.29, 1.82) is 0 Å². The zero-order valence-corrected chi connectivity index (χ0v) is 14.0. The summed E-state index contributed by atoms with van der Waals surface area (Å²) in [7, 11) is 0. The van der Waals surface area contributed by atoms with Gasteiger partial charge in [-0.25, -0.2) is 0 Å². The molecular weight excluding hydrogens is 329 g/mol. The maximum Gasteiger partial charge on any atom is 0.231 e. The lowest BCUT2D eigenvalue weighted by Crippen LogP contribution is -2.39. The lowest BCUT2D eigenvalue weighted by atomic mass is 9.81. The van der Waals surface area contributed by atoms with Crippen molar-refractivity contribution in [2.75, 3.05) is 18.5 Å². The second kappa shape index (κ2) is 7.92. The lowest BCUT2D eigenvalue weighted by Gasteiger charge is -2.26. The van der Waals surface area contributed by atoms with Gasteiger partial charge in [0.1, 0.15) is 0 Å². The van der Waals surface area contributed by atoms with Crippen molar-refractivity contribution in [3.05, 3.63) is 27.7 Å². The molecule has 0 saturated carbocycles. The van der Waals surface area contributed by atoms with Gasteiger partial charge in [0.05, 0.1) is 35.8 Å². The van der Waals surface area contributed by atoms with E-state index in [9.17, 15) is 19.8 Å². The first-order valence-corrected chi connectivity index (χ1v) is 7.55. The van der Waals surface area contributed by atoms with Gasteiger partial charge in [0.2, 0.25) is 5.91 Å². The molecule has 0 atom stereocenters. The van der Waals surface area contributed by atoms with Gasteiger partial charge in [0.15, 0.2) is 5.78 Å². The number of amides is 1. The molecule has 0 heterocycles. The van der Waals surface area contributed by atoms with Crippen LogP contribution in [0.1, 0.15) is 25.3 Å². The summed E-state index contributed by atoms with van der Waals surface area (Å²) in [6, 6.07) is 3.12. The quantitative estimate of drug-likeness (QED) is 0.661. The highest BCUT2D eigenvalue weighted by Gasteiger charge is 2.36. The first-order chi connectivity index (χ1) is 10.3. The Labute approximate surface area is 139 Å². The van der Waals surface area contributed by atoms with E-state index in [0.717, 1.165) is 5.56 Å². The van der Waals surface area contributed by atoms with E-state index in [-0.39, 0.29) is 6.42 Å². The van der Waals surface area contributed by atoms with Crippen molar-refractivity contribution in [1.82, 2.24) is 0 Å². The molecule has 5 nitrogen and oxygen atoms in total. The Balaban J connectivity index is 2.83. The van der Waals surface area contributed by atoms with Crippen LogP contribution < -0.4 is 5.32 Å². The molecule has 1 aromatic carbocycles. The molecule has 0 aromatic heterocycles. The van der Waals surface area contributed by atoms with Crippen molar-refractivity contribution in [3.63, 3.8) is 0 Å². The molecule has 22 heavy (non-hydrogen) atoms. The number of hydrogen-bond donors (Lipinski definition) is 3. The summed E-state index contributed by atoms with van der Waals surface area (Å²) < 4.78 is 0. The molecule has 0 bridgehead atoms. The molecule has 0 spiro atoms. The number of benzene rings is 1. The number of anilines is 1. The Kier molecular flexibility index (Phi) is 6.81. The first-order valence-electron chi connectivity index (χ1n) is 6.80. The molecule has 1 rings (SSSR count). The molecule has 0 radical (unpaired) electrons. The van der Waals surface area contributed by atoms with Crippen LogP contribution in [0.15, 0.2) is 12.1 Å². The number of hydrogen-bond acceptors (Lipinski definition) is 4. The predicted octanol–water partition coefficient (Wildman–Crippen LogP) is 2.58. The van der Waals surface area contributed by atoms with Crippen LogP contribution in [-0.2, 0) is 9.59 Å². The predicted molar refractivity (Wildman–Crippen MR) is 86.3 cm³/mol. The molecule has 0 aliphatic heterocycles. The third-order valence-electron chi connectivity index (χ3n) is 3.72. The Morgan fingerprint density at radius 1 is 1.18 bits per heavy atom. The molecule has 1 amide bonds. The standard InChI is InChI=1S/C15H19Cl2NO4/c1-3-15(7-19,8-20)13(21)6-14(22)18-12-5-10(16)9(2)4-11(12)17/h4-5,19-20H,3,6-8H2,1-2H3,(H,18,22). The highest BCUT2D eigenvalue weighted by molar-refractivity contribution is 6.36. The van der Waals surface area contributed by atoms with Crippen LogP contribution in [0.5, 0.6) is 0 Å². The van der Waals surface area contributed by atoms with Gasteiger partial charge >= 0.3 is 0 Å². The van der Waals surface area contributed by atoms with E-state index < -0.39 is 36.7 Å². The number of nitrogens with one attached hydrogen (secondary N) is 1. The van der Waals surface area contributed by atoms with E-state index in [0.29, 0.717) is 15.7 Å². The first kappa shape index (κ1) is 18.9. The largest absolute Gasteiger partial charge is 0.395 e. The minimum Gasteiger partial charge on any atom is -0.395 e. The van der Waals surface area contributed by atoms with E-state index in [4.69, 9.17) is 23.2 Å². The SMILES string of the molecule is CCC(CO)(CO)C(=O)CC(=O)Nc1cc(Cl)c(C)cc1Cl. The Bertz CT molecular complexity index is 563. The summed E-state index contributed by atoms with van der Waals surface area (Å²) in [4.78, 5) is 24.1. The second-order valence-electron chi connectivity index (χ2n) is 5.18. The van der Waals surface area contributed by atoms with Crippen LogP contribution in [0.2, 0.25) is 10.0 Å². The summed E-state index contributed by atoms with van der Waals surface area (Å²) in [6.45, 7) is 2.42. The van der Waals surface area contributed by atoms with Crippen LogP contribution in [0, 0.1) is 12.3 Å². The van der Waals surface area contributed by atoms with Crippen molar-refractivity contribution in [2.24, 2.45) is 5.41 Å². The molecule has 7 heteroatoms. The number of carbonyl (C=O) groups is 2.